The summed E-state index contributed by atoms with van der Waals surface area (Å²) in [6.07, 6.45) is 9.60. The predicted octanol–water partition coefficient (Wildman–Crippen LogP) is 6.08. The standard InChI is InChI=1S/C32H47N3O4S/c1-22-26(30(36)33-25-13-17-39-18-14-25)20-28(35(22)21-23-9-7-6-8-10-23)24-11-12-29(27(19-24)31(2,3)4)40(37,38)34-32(5)15-16-32/h11-12,19-20,23,25,34H,6-10,13-18,21H2,1-5H3,(H,33,36). The van der Waals surface area contributed by atoms with Gasteiger partial charge in [-0.05, 0) is 93.0 Å². The molecule has 7 nitrogen and oxygen atoms in total. The average molecular weight is 570 g/mol. The molecule has 2 N–H and O–H groups in total. The fourth-order valence-electron chi connectivity index (χ4n) is 6.26. The van der Waals surface area contributed by atoms with E-state index < -0.39 is 10.0 Å². The number of sulfonamides is 1. The van der Waals surface area contributed by atoms with Crippen molar-refractivity contribution < 1.29 is 17.9 Å². The van der Waals surface area contributed by atoms with E-state index in [4.69, 9.17) is 4.74 Å². The number of ether oxygens (including phenoxy) is 1. The van der Waals surface area contributed by atoms with Crippen LogP contribution in [0.4, 0.5) is 0 Å². The number of benzene rings is 1. The normalized spacial score (nSPS) is 20.4. The minimum Gasteiger partial charge on any atom is -0.381 e. The van der Waals surface area contributed by atoms with Gasteiger partial charge in [0, 0.05) is 42.7 Å². The zero-order chi connectivity index (χ0) is 28.7. The molecule has 2 heterocycles. The van der Waals surface area contributed by atoms with E-state index in [0.717, 1.165) is 54.7 Å². The molecule has 1 saturated heterocycles. The number of nitrogens with zero attached hydrogens (tertiary/aromatic N) is 1. The smallest absolute Gasteiger partial charge is 0.253 e. The van der Waals surface area contributed by atoms with Gasteiger partial charge in [-0.3, -0.25) is 4.79 Å². The molecule has 8 heteroatoms. The molecule has 1 amide bonds. The van der Waals surface area contributed by atoms with Gasteiger partial charge in [-0.25, -0.2) is 13.1 Å². The van der Waals surface area contributed by atoms with Gasteiger partial charge in [0.2, 0.25) is 10.0 Å². The van der Waals surface area contributed by atoms with E-state index in [2.05, 4.69) is 42.3 Å². The Balaban J connectivity index is 1.55. The molecular weight excluding hydrogens is 522 g/mol. The van der Waals surface area contributed by atoms with E-state index in [1.165, 1.54) is 32.1 Å². The topological polar surface area (TPSA) is 89.4 Å². The van der Waals surface area contributed by atoms with Crippen LogP contribution in [-0.4, -0.2) is 43.7 Å². The van der Waals surface area contributed by atoms with Crippen molar-refractivity contribution in [1.29, 1.82) is 0 Å². The molecule has 0 spiro atoms. The molecule has 3 fully saturated rings. The second kappa shape index (κ2) is 11.3. The SMILES string of the molecule is Cc1c(C(=O)NC2CCOCC2)cc(-c2ccc(S(=O)(=O)NC3(C)CC3)c(C(C)(C)C)c2)n1CC1CCCCC1. The molecule has 1 aliphatic heterocycles. The van der Waals surface area contributed by atoms with E-state index in [9.17, 15) is 13.2 Å². The van der Waals surface area contributed by atoms with Gasteiger partial charge in [0.1, 0.15) is 0 Å². The van der Waals surface area contributed by atoms with Gasteiger partial charge in [0.25, 0.3) is 5.91 Å². The van der Waals surface area contributed by atoms with E-state index in [1.807, 2.05) is 25.1 Å². The van der Waals surface area contributed by atoms with Gasteiger partial charge >= 0.3 is 0 Å². The average Bonchev–Trinajstić information content (AvgIpc) is 3.54. The highest BCUT2D eigenvalue weighted by Crippen LogP contribution is 2.39. The molecular formula is C32H47N3O4S. The molecule has 2 aliphatic carbocycles. The largest absolute Gasteiger partial charge is 0.381 e. The van der Waals surface area contributed by atoms with Gasteiger partial charge in [-0.15, -0.1) is 0 Å². The molecule has 40 heavy (non-hydrogen) atoms. The highest BCUT2D eigenvalue weighted by atomic mass is 32.2. The van der Waals surface area contributed by atoms with Crippen LogP contribution in [-0.2, 0) is 26.7 Å². The summed E-state index contributed by atoms with van der Waals surface area (Å²) >= 11 is 0. The van der Waals surface area contributed by atoms with E-state index >= 15 is 0 Å². The third-order valence-electron chi connectivity index (χ3n) is 9.09. The van der Waals surface area contributed by atoms with Crippen LogP contribution in [0, 0.1) is 12.8 Å². The van der Waals surface area contributed by atoms with Crippen molar-refractivity contribution >= 4 is 15.9 Å². The number of nitrogens with one attached hydrogen (secondary N) is 2. The maximum atomic E-state index is 13.5. The highest BCUT2D eigenvalue weighted by Gasteiger charge is 2.42. The molecule has 0 unspecified atom stereocenters. The first-order valence-corrected chi connectivity index (χ1v) is 16.6. The lowest BCUT2D eigenvalue weighted by Gasteiger charge is -2.26. The third-order valence-corrected chi connectivity index (χ3v) is 10.8. The molecule has 220 valence electrons. The van der Waals surface area contributed by atoms with Gasteiger partial charge in [-0.2, -0.15) is 0 Å². The molecule has 0 bridgehead atoms. The van der Waals surface area contributed by atoms with Crippen molar-refractivity contribution in [1.82, 2.24) is 14.6 Å². The Hall–Kier alpha value is -2.16. The molecule has 1 aromatic carbocycles. The second-order valence-electron chi connectivity index (χ2n) is 13.6. The van der Waals surface area contributed by atoms with Crippen LogP contribution in [0.2, 0.25) is 0 Å². The molecule has 3 aliphatic rings. The maximum Gasteiger partial charge on any atom is 0.253 e. The number of hydrogen-bond donors (Lipinski definition) is 2. The van der Waals surface area contributed by atoms with E-state index in [0.29, 0.717) is 29.6 Å². The summed E-state index contributed by atoms with van der Waals surface area (Å²) in [4.78, 5) is 13.9. The number of rotatable bonds is 8. The molecule has 0 atom stereocenters. The molecule has 0 radical (unpaired) electrons. The van der Waals surface area contributed by atoms with Crippen molar-refractivity contribution in [2.45, 2.75) is 121 Å². The van der Waals surface area contributed by atoms with Crippen LogP contribution in [0.5, 0.6) is 0 Å². The fourth-order valence-corrected chi connectivity index (χ4v) is 8.13. The Labute approximate surface area is 240 Å². The van der Waals surface area contributed by atoms with Crippen LogP contribution in [0.15, 0.2) is 29.2 Å². The molecule has 1 aromatic heterocycles. The second-order valence-corrected chi connectivity index (χ2v) is 15.3. The summed E-state index contributed by atoms with van der Waals surface area (Å²) < 4.78 is 37.7. The lowest BCUT2D eigenvalue weighted by atomic mass is 9.85. The van der Waals surface area contributed by atoms with Crippen molar-refractivity contribution in [3.63, 3.8) is 0 Å². The van der Waals surface area contributed by atoms with Crippen molar-refractivity contribution in [2.24, 2.45) is 5.92 Å². The number of carbonyl (C=O) groups excluding carboxylic acids is 1. The predicted molar refractivity (Wildman–Crippen MR) is 159 cm³/mol. The maximum absolute atomic E-state index is 13.5. The summed E-state index contributed by atoms with van der Waals surface area (Å²) in [5.41, 5.74) is 3.67. The summed E-state index contributed by atoms with van der Waals surface area (Å²) in [7, 11) is -3.66. The Morgan fingerprint density at radius 3 is 2.35 bits per heavy atom. The highest BCUT2D eigenvalue weighted by molar-refractivity contribution is 7.89. The molecule has 2 aromatic rings. The third kappa shape index (κ3) is 6.50. The summed E-state index contributed by atoms with van der Waals surface area (Å²) in [5.74, 6) is 0.542. The minimum atomic E-state index is -3.66. The van der Waals surface area contributed by atoms with Crippen molar-refractivity contribution in [2.75, 3.05) is 13.2 Å². The Kier molecular flexibility index (Phi) is 8.25. The first-order valence-electron chi connectivity index (χ1n) is 15.1. The van der Waals surface area contributed by atoms with Gasteiger partial charge < -0.3 is 14.6 Å². The molecule has 2 saturated carbocycles. The van der Waals surface area contributed by atoms with Gasteiger partial charge in [0.05, 0.1) is 10.5 Å². The first kappa shape index (κ1) is 29.3. The number of amides is 1. The summed E-state index contributed by atoms with van der Waals surface area (Å²) in [5, 5.41) is 3.24. The summed E-state index contributed by atoms with van der Waals surface area (Å²) in [6.45, 7) is 12.4. The van der Waals surface area contributed by atoms with Crippen LogP contribution >= 0.6 is 0 Å². The number of hydrogen-bond acceptors (Lipinski definition) is 4. The fraction of sp³-hybridized carbons (Fsp3) is 0.656. The number of aromatic nitrogens is 1. The number of carbonyl (C=O) groups is 1. The van der Waals surface area contributed by atoms with Crippen LogP contribution in [0.1, 0.15) is 107 Å². The van der Waals surface area contributed by atoms with E-state index in [1.54, 1.807) is 6.07 Å². The van der Waals surface area contributed by atoms with Gasteiger partial charge in [0.15, 0.2) is 0 Å². The van der Waals surface area contributed by atoms with Crippen LogP contribution in [0.3, 0.4) is 0 Å². The lowest BCUT2D eigenvalue weighted by molar-refractivity contribution is 0.0696. The first-order chi connectivity index (χ1) is 18.9. The lowest BCUT2D eigenvalue weighted by Crippen LogP contribution is -2.39. The zero-order valence-electron chi connectivity index (χ0n) is 24.9. The van der Waals surface area contributed by atoms with Crippen LogP contribution < -0.4 is 10.0 Å². The minimum absolute atomic E-state index is 0.0369. The van der Waals surface area contributed by atoms with Gasteiger partial charge in [-0.1, -0.05) is 46.1 Å². The molecule has 5 rings (SSSR count). The zero-order valence-corrected chi connectivity index (χ0v) is 25.8. The Bertz CT molecular complexity index is 1340. The Morgan fingerprint density at radius 2 is 1.73 bits per heavy atom. The van der Waals surface area contributed by atoms with Crippen molar-refractivity contribution in [3.05, 3.63) is 41.1 Å². The van der Waals surface area contributed by atoms with Crippen molar-refractivity contribution in [3.8, 4) is 11.3 Å². The Morgan fingerprint density at radius 1 is 1.05 bits per heavy atom. The van der Waals surface area contributed by atoms with E-state index in [-0.39, 0.29) is 22.9 Å². The van der Waals surface area contributed by atoms with Crippen LogP contribution in [0.25, 0.3) is 11.3 Å². The quantitative estimate of drug-likeness (QED) is 0.403. The monoisotopic (exact) mass is 569 g/mol. The summed E-state index contributed by atoms with van der Waals surface area (Å²) in [6, 6.07) is 7.87.